The van der Waals surface area contributed by atoms with E-state index in [2.05, 4.69) is 0 Å². The fourth-order valence-corrected chi connectivity index (χ4v) is 1.93. The predicted molar refractivity (Wildman–Crippen MR) is 62.4 cm³/mol. The van der Waals surface area contributed by atoms with Crippen LogP contribution in [0.4, 0.5) is 0 Å². The van der Waals surface area contributed by atoms with Crippen molar-refractivity contribution in [3.63, 3.8) is 0 Å². The highest BCUT2D eigenvalue weighted by atomic mass is 16.5. The molecule has 1 heterocycles. The van der Waals surface area contributed by atoms with E-state index in [1.54, 1.807) is 13.8 Å². The minimum absolute atomic E-state index is 0.119. The summed E-state index contributed by atoms with van der Waals surface area (Å²) in [5.41, 5.74) is 0. The molecule has 5 heteroatoms. The number of ether oxygens (including phenoxy) is 2. The van der Waals surface area contributed by atoms with Gasteiger partial charge in [0.15, 0.2) is 0 Å². The lowest BCUT2D eigenvalue weighted by atomic mass is 10.0. The molecule has 0 aromatic heterocycles. The molecule has 0 saturated carbocycles. The summed E-state index contributed by atoms with van der Waals surface area (Å²) in [6.07, 6.45) is 0. The Hall–Kier alpha value is -1.10. The Labute approximate surface area is 102 Å². The lowest BCUT2D eigenvalue weighted by molar-refractivity contribution is -0.150. The van der Waals surface area contributed by atoms with E-state index in [0.29, 0.717) is 19.8 Å². The molecule has 0 bridgehead atoms. The van der Waals surface area contributed by atoms with Crippen LogP contribution >= 0.6 is 0 Å². The van der Waals surface area contributed by atoms with Crippen molar-refractivity contribution in [2.45, 2.75) is 39.8 Å². The van der Waals surface area contributed by atoms with Gasteiger partial charge in [-0.2, -0.15) is 0 Å². The van der Waals surface area contributed by atoms with Gasteiger partial charge in [0, 0.05) is 6.54 Å². The standard InChI is InChI=1S/C12H21NO4/c1-5-16-11(14)9-7-13(9)10(8(3)4)12(15)17-6-2/h8-10H,5-7H2,1-4H3/t9-,10+,13?/m1/s1. The fraction of sp³-hybridized carbons (Fsp3) is 0.833. The first-order chi connectivity index (χ1) is 8.02. The molecule has 3 atom stereocenters. The number of esters is 2. The molecule has 0 amide bonds. The van der Waals surface area contributed by atoms with E-state index in [-0.39, 0.29) is 29.9 Å². The van der Waals surface area contributed by atoms with Crippen LogP contribution in [0.1, 0.15) is 27.7 Å². The van der Waals surface area contributed by atoms with Crippen molar-refractivity contribution in [1.29, 1.82) is 0 Å². The van der Waals surface area contributed by atoms with Crippen LogP contribution in [-0.4, -0.2) is 48.7 Å². The number of carbonyl (C=O) groups is 2. The number of hydrogen-bond acceptors (Lipinski definition) is 5. The summed E-state index contributed by atoms with van der Waals surface area (Å²) < 4.78 is 9.95. The Balaban J connectivity index is 2.57. The van der Waals surface area contributed by atoms with Crippen molar-refractivity contribution in [1.82, 2.24) is 4.90 Å². The van der Waals surface area contributed by atoms with Gasteiger partial charge in [0.05, 0.1) is 13.2 Å². The minimum atomic E-state index is -0.343. The number of rotatable bonds is 6. The Morgan fingerprint density at radius 2 is 1.82 bits per heavy atom. The van der Waals surface area contributed by atoms with Gasteiger partial charge >= 0.3 is 11.9 Å². The van der Waals surface area contributed by atoms with Gasteiger partial charge in [-0.15, -0.1) is 0 Å². The Morgan fingerprint density at radius 1 is 1.24 bits per heavy atom. The zero-order valence-corrected chi connectivity index (χ0v) is 10.9. The number of hydrogen-bond donors (Lipinski definition) is 0. The molecule has 0 aromatic carbocycles. The van der Waals surface area contributed by atoms with Crippen molar-refractivity contribution in [2.75, 3.05) is 19.8 Å². The van der Waals surface area contributed by atoms with Crippen LogP contribution in [0.15, 0.2) is 0 Å². The fourth-order valence-electron chi connectivity index (χ4n) is 1.93. The lowest BCUT2D eigenvalue weighted by Crippen LogP contribution is -2.38. The molecular formula is C12H21NO4. The van der Waals surface area contributed by atoms with Crippen molar-refractivity contribution >= 4 is 11.9 Å². The molecule has 0 spiro atoms. The first-order valence-corrected chi connectivity index (χ1v) is 6.11. The number of carbonyl (C=O) groups excluding carboxylic acids is 2. The average Bonchev–Trinajstić information content (AvgIpc) is 2.98. The molecule has 1 aliphatic rings. The summed E-state index contributed by atoms with van der Waals surface area (Å²) in [5, 5.41) is 0. The van der Waals surface area contributed by atoms with Gasteiger partial charge in [0.25, 0.3) is 0 Å². The van der Waals surface area contributed by atoms with Crippen LogP contribution in [0.25, 0.3) is 0 Å². The first-order valence-electron chi connectivity index (χ1n) is 6.11. The van der Waals surface area contributed by atoms with E-state index >= 15 is 0 Å². The minimum Gasteiger partial charge on any atom is -0.465 e. The molecule has 0 N–H and O–H groups in total. The van der Waals surface area contributed by atoms with Gasteiger partial charge in [-0.1, -0.05) is 13.8 Å². The van der Waals surface area contributed by atoms with E-state index in [9.17, 15) is 9.59 Å². The smallest absolute Gasteiger partial charge is 0.324 e. The molecule has 0 aromatic rings. The van der Waals surface area contributed by atoms with Crippen LogP contribution in [0.3, 0.4) is 0 Å². The Bertz CT molecular complexity index is 290. The van der Waals surface area contributed by atoms with E-state index < -0.39 is 0 Å². The zero-order valence-electron chi connectivity index (χ0n) is 10.9. The second-order valence-electron chi connectivity index (χ2n) is 4.41. The third kappa shape index (κ3) is 3.43. The monoisotopic (exact) mass is 243 g/mol. The molecule has 17 heavy (non-hydrogen) atoms. The molecule has 1 aliphatic heterocycles. The van der Waals surface area contributed by atoms with Crippen molar-refractivity contribution in [2.24, 2.45) is 5.92 Å². The second kappa shape index (κ2) is 6.00. The van der Waals surface area contributed by atoms with E-state index in [4.69, 9.17) is 9.47 Å². The highest BCUT2D eigenvalue weighted by Crippen LogP contribution is 2.27. The summed E-state index contributed by atoms with van der Waals surface area (Å²) in [7, 11) is 0. The lowest BCUT2D eigenvalue weighted by Gasteiger charge is -2.20. The highest BCUT2D eigenvalue weighted by molar-refractivity contribution is 5.83. The maximum Gasteiger partial charge on any atom is 0.324 e. The van der Waals surface area contributed by atoms with Crippen LogP contribution < -0.4 is 0 Å². The molecular weight excluding hydrogens is 222 g/mol. The third-order valence-electron chi connectivity index (χ3n) is 2.73. The van der Waals surface area contributed by atoms with Crippen LogP contribution in [-0.2, 0) is 19.1 Å². The summed E-state index contributed by atoms with van der Waals surface area (Å²) in [5.74, 6) is -0.384. The third-order valence-corrected chi connectivity index (χ3v) is 2.73. The summed E-state index contributed by atoms with van der Waals surface area (Å²) in [6.45, 7) is 8.76. The maximum absolute atomic E-state index is 11.8. The van der Waals surface area contributed by atoms with Gasteiger partial charge in [-0.3, -0.25) is 14.5 Å². The molecule has 1 rings (SSSR count). The van der Waals surface area contributed by atoms with E-state index in [1.807, 2.05) is 18.7 Å². The normalized spacial score (nSPS) is 24.3. The molecule has 1 fully saturated rings. The summed E-state index contributed by atoms with van der Waals surface area (Å²) in [4.78, 5) is 25.1. The summed E-state index contributed by atoms with van der Waals surface area (Å²) in [6, 6.07) is -0.615. The molecule has 1 unspecified atom stereocenters. The van der Waals surface area contributed by atoms with E-state index in [0.717, 1.165) is 0 Å². The van der Waals surface area contributed by atoms with Crippen molar-refractivity contribution in [3.8, 4) is 0 Å². The largest absolute Gasteiger partial charge is 0.465 e. The van der Waals surface area contributed by atoms with Crippen molar-refractivity contribution in [3.05, 3.63) is 0 Å². The Morgan fingerprint density at radius 3 is 2.29 bits per heavy atom. The molecule has 5 nitrogen and oxygen atoms in total. The second-order valence-corrected chi connectivity index (χ2v) is 4.41. The molecule has 0 aliphatic carbocycles. The van der Waals surface area contributed by atoms with Gasteiger partial charge in [-0.05, 0) is 19.8 Å². The molecule has 1 saturated heterocycles. The predicted octanol–water partition coefficient (Wildman–Crippen LogP) is 0.821. The topological polar surface area (TPSA) is 55.6 Å². The van der Waals surface area contributed by atoms with E-state index in [1.165, 1.54) is 0 Å². The maximum atomic E-state index is 11.8. The van der Waals surface area contributed by atoms with Gasteiger partial charge < -0.3 is 9.47 Å². The quantitative estimate of drug-likeness (QED) is 0.510. The molecule has 98 valence electrons. The SMILES string of the molecule is CCOC(=O)[C@H]1CN1[C@H](C(=O)OCC)C(C)C. The van der Waals surface area contributed by atoms with Gasteiger partial charge in [-0.25, -0.2) is 0 Å². The van der Waals surface area contributed by atoms with Crippen LogP contribution in [0.2, 0.25) is 0 Å². The van der Waals surface area contributed by atoms with Crippen LogP contribution in [0, 0.1) is 5.92 Å². The zero-order chi connectivity index (χ0) is 13.0. The number of nitrogens with zero attached hydrogens (tertiary/aromatic N) is 1. The average molecular weight is 243 g/mol. The van der Waals surface area contributed by atoms with Crippen molar-refractivity contribution < 1.29 is 19.1 Å². The first kappa shape index (κ1) is 14.0. The summed E-state index contributed by atoms with van der Waals surface area (Å²) >= 11 is 0. The van der Waals surface area contributed by atoms with Gasteiger partial charge in [0.1, 0.15) is 12.1 Å². The van der Waals surface area contributed by atoms with Crippen LogP contribution in [0.5, 0.6) is 0 Å². The Kier molecular flexibility index (Phi) is 4.93. The molecule has 0 radical (unpaired) electrons. The highest BCUT2D eigenvalue weighted by Gasteiger charge is 2.49. The van der Waals surface area contributed by atoms with Gasteiger partial charge in [0.2, 0.25) is 0 Å².